The number of aryl methyl sites for hydroxylation is 2. The van der Waals surface area contributed by atoms with Crippen molar-refractivity contribution in [3.8, 4) is 0 Å². The highest BCUT2D eigenvalue weighted by Crippen LogP contribution is 2.35. The minimum absolute atomic E-state index is 0.376. The molecule has 2 N–H and O–H groups in total. The van der Waals surface area contributed by atoms with Crippen LogP contribution in [0.5, 0.6) is 0 Å². The number of benzene rings is 3. The topological polar surface area (TPSA) is 78.5 Å². The number of nitrogens with one attached hydrogen (secondary N) is 2. The zero-order chi connectivity index (χ0) is 22.0. The summed E-state index contributed by atoms with van der Waals surface area (Å²) in [7, 11) is 0. The first-order valence-electron chi connectivity index (χ1n) is 10.0. The molecule has 0 unspecified atom stereocenters. The van der Waals surface area contributed by atoms with Gasteiger partial charge in [0.05, 0.1) is 0 Å². The molecule has 4 rings (SSSR count). The maximum atomic E-state index is 13.6. The van der Waals surface area contributed by atoms with E-state index in [2.05, 4.69) is 10.6 Å². The molecule has 0 atom stereocenters. The fourth-order valence-corrected chi connectivity index (χ4v) is 3.94. The van der Waals surface area contributed by atoms with E-state index in [0.717, 1.165) is 16.0 Å². The molecule has 0 aromatic heterocycles. The van der Waals surface area contributed by atoms with E-state index in [4.69, 9.17) is 0 Å². The Bertz CT molecular complexity index is 1100. The van der Waals surface area contributed by atoms with Crippen LogP contribution in [0.4, 0.5) is 10.5 Å². The van der Waals surface area contributed by atoms with E-state index in [1.165, 1.54) is 0 Å². The lowest BCUT2D eigenvalue weighted by Gasteiger charge is -2.28. The molecular weight excluding hydrogens is 390 g/mol. The molecule has 6 nitrogen and oxygen atoms in total. The monoisotopic (exact) mass is 413 g/mol. The van der Waals surface area contributed by atoms with Crippen LogP contribution in [0.1, 0.15) is 22.3 Å². The highest BCUT2D eigenvalue weighted by Gasteiger charge is 2.54. The summed E-state index contributed by atoms with van der Waals surface area (Å²) < 4.78 is 0. The average molecular weight is 413 g/mol. The van der Waals surface area contributed by atoms with Gasteiger partial charge in [-0.3, -0.25) is 14.5 Å². The van der Waals surface area contributed by atoms with Crippen LogP contribution in [-0.2, 0) is 15.1 Å². The lowest BCUT2D eigenvalue weighted by molar-refractivity contribution is -0.133. The SMILES string of the molecule is Cc1ccc(NC(=O)CN2C(=O)NC(c3ccccc3)(c3ccccc3)C2=O)c(C)c1. The Morgan fingerprint density at radius 3 is 2.03 bits per heavy atom. The second-order valence-corrected chi connectivity index (χ2v) is 7.67. The molecule has 1 aliphatic heterocycles. The lowest BCUT2D eigenvalue weighted by atomic mass is 9.82. The number of carbonyl (C=O) groups is 3. The fraction of sp³-hybridized carbons (Fsp3) is 0.160. The normalized spacial score (nSPS) is 15.0. The van der Waals surface area contributed by atoms with Gasteiger partial charge in [0.25, 0.3) is 5.91 Å². The highest BCUT2D eigenvalue weighted by atomic mass is 16.2. The molecule has 3 aromatic carbocycles. The van der Waals surface area contributed by atoms with Crippen LogP contribution in [-0.4, -0.2) is 29.3 Å². The molecule has 1 saturated heterocycles. The van der Waals surface area contributed by atoms with Crippen molar-refractivity contribution in [1.82, 2.24) is 10.2 Å². The first kappa shape index (κ1) is 20.3. The molecular formula is C25H23N3O3. The van der Waals surface area contributed by atoms with Crippen LogP contribution in [0.2, 0.25) is 0 Å². The van der Waals surface area contributed by atoms with Crippen molar-refractivity contribution in [2.75, 3.05) is 11.9 Å². The van der Waals surface area contributed by atoms with Crippen molar-refractivity contribution in [1.29, 1.82) is 0 Å². The minimum atomic E-state index is -1.38. The van der Waals surface area contributed by atoms with E-state index in [0.29, 0.717) is 16.8 Å². The van der Waals surface area contributed by atoms with Gasteiger partial charge < -0.3 is 10.6 Å². The lowest BCUT2D eigenvalue weighted by Crippen LogP contribution is -2.45. The average Bonchev–Trinajstić information content (AvgIpc) is 3.02. The molecule has 0 saturated carbocycles. The maximum Gasteiger partial charge on any atom is 0.326 e. The van der Waals surface area contributed by atoms with Crippen molar-refractivity contribution in [3.63, 3.8) is 0 Å². The van der Waals surface area contributed by atoms with Crippen LogP contribution in [0, 0.1) is 13.8 Å². The quantitative estimate of drug-likeness (QED) is 0.626. The van der Waals surface area contributed by atoms with Gasteiger partial charge in [-0.25, -0.2) is 4.79 Å². The van der Waals surface area contributed by atoms with E-state index in [9.17, 15) is 14.4 Å². The molecule has 3 aromatic rings. The summed E-state index contributed by atoms with van der Waals surface area (Å²) in [4.78, 5) is 40.1. The molecule has 0 spiro atoms. The van der Waals surface area contributed by atoms with Crippen molar-refractivity contribution in [2.24, 2.45) is 0 Å². The number of carbonyl (C=O) groups excluding carboxylic acids is 3. The zero-order valence-corrected chi connectivity index (χ0v) is 17.4. The highest BCUT2D eigenvalue weighted by molar-refractivity contribution is 6.12. The van der Waals surface area contributed by atoms with E-state index >= 15 is 0 Å². The summed E-state index contributed by atoms with van der Waals surface area (Å²) >= 11 is 0. The fourth-order valence-electron chi connectivity index (χ4n) is 3.94. The number of urea groups is 1. The Morgan fingerprint density at radius 1 is 0.903 bits per heavy atom. The van der Waals surface area contributed by atoms with Crippen LogP contribution in [0.3, 0.4) is 0 Å². The predicted octanol–water partition coefficient (Wildman–Crippen LogP) is 3.74. The number of amides is 4. The minimum Gasteiger partial charge on any atom is -0.324 e. The smallest absolute Gasteiger partial charge is 0.324 e. The Kier molecular flexibility index (Phi) is 5.29. The third kappa shape index (κ3) is 3.68. The van der Waals surface area contributed by atoms with Gasteiger partial charge in [-0.05, 0) is 36.6 Å². The van der Waals surface area contributed by atoms with Crippen molar-refractivity contribution in [2.45, 2.75) is 19.4 Å². The summed E-state index contributed by atoms with van der Waals surface area (Å²) in [6.45, 7) is 3.49. The van der Waals surface area contributed by atoms with Crippen molar-refractivity contribution < 1.29 is 14.4 Å². The van der Waals surface area contributed by atoms with E-state index in [1.54, 1.807) is 24.3 Å². The predicted molar refractivity (Wildman–Crippen MR) is 118 cm³/mol. The third-order valence-corrected chi connectivity index (χ3v) is 5.48. The molecule has 31 heavy (non-hydrogen) atoms. The van der Waals surface area contributed by atoms with E-state index in [-0.39, 0.29) is 6.54 Å². The van der Waals surface area contributed by atoms with E-state index < -0.39 is 23.4 Å². The summed E-state index contributed by atoms with van der Waals surface area (Å²) in [5, 5.41) is 5.64. The maximum absolute atomic E-state index is 13.6. The van der Waals surface area contributed by atoms with Crippen LogP contribution in [0.15, 0.2) is 78.9 Å². The zero-order valence-electron chi connectivity index (χ0n) is 17.4. The van der Waals surface area contributed by atoms with Crippen LogP contribution < -0.4 is 10.6 Å². The molecule has 0 aliphatic carbocycles. The van der Waals surface area contributed by atoms with Gasteiger partial charge >= 0.3 is 6.03 Å². The molecule has 6 heteroatoms. The number of anilines is 1. The van der Waals surface area contributed by atoms with Crippen LogP contribution in [0.25, 0.3) is 0 Å². The van der Waals surface area contributed by atoms with Crippen LogP contribution >= 0.6 is 0 Å². The van der Waals surface area contributed by atoms with Gasteiger partial charge in [0.1, 0.15) is 6.54 Å². The number of hydrogen-bond acceptors (Lipinski definition) is 3. The molecule has 1 fully saturated rings. The second kappa shape index (κ2) is 8.07. The van der Waals surface area contributed by atoms with Gasteiger partial charge in [0.2, 0.25) is 5.91 Å². The number of nitrogens with zero attached hydrogens (tertiary/aromatic N) is 1. The largest absolute Gasteiger partial charge is 0.326 e. The van der Waals surface area contributed by atoms with Gasteiger partial charge in [0.15, 0.2) is 5.54 Å². The molecule has 156 valence electrons. The Morgan fingerprint density at radius 2 is 1.48 bits per heavy atom. The molecule has 0 radical (unpaired) electrons. The number of imide groups is 1. The van der Waals surface area contributed by atoms with Crippen molar-refractivity contribution in [3.05, 3.63) is 101 Å². The van der Waals surface area contributed by atoms with E-state index in [1.807, 2.05) is 68.4 Å². The Hall–Kier alpha value is -3.93. The number of rotatable bonds is 5. The Balaban J connectivity index is 1.64. The van der Waals surface area contributed by atoms with Crippen molar-refractivity contribution >= 4 is 23.5 Å². The molecule has 0 bridgehead atoms. The summed E-state index contributed by atoms with van der Waals surface area (Å²) in [6, 6.07) is 23.2. The summed E-state index contributed by atoms with van der Waals surface area (Å²) in [6.07, 6.45) is 0. The Labute approximate surface area is 180 Å². The molecule has 1 aliphatic rings. The third-order valence-electron chi connectivity index (χ3n) is 5.48. The standard InChI is InChI=1S/C25H23N3O3/c1-17-13-14-21(18(2)15-17)26-22(29)16-28-23(30)25(27-24(28)31,19-9-5-3-6-10-19)20-11-7-4-8-12-20/h3-15H,16H2,1-2H3,(H,26,29)(H,27,31). The summed E-state index contributed by atoms with van der Waals surface area (Å²) in [5.41, 5.74) is 2.54. The van der Waals surface area contributed by atoms with Gasteiger partial charge in [-0.1, -0.05) is 78.4 Å². The molecule has 1 heterocycles. The van der Waals surface area contributed by atoms with Gasteiger partial charge in [0, 0.05) is 5.69 Å². The first-order chi connectivity index (χ1) is 14.9. The van der Waals surface area contributed by atoms with Gasteiger partial charge in [-0.15, -0.1) is 0 Å². The second-order valence-electron chi connectivity index (χ2n) is 7.67. The summed E-state index contributed by atoms with van der Waals surface area (Å²) in [5.74, 6) is -0.918. The van der Waals surface area contributed by atoms with Gasteiger partial charge in [-0.2, -0.15) is 0 Å². The number of hydrogen-bond donors (Lipinski definition) is 2. The first-order valence-corrected chi connectivity index (χ1v) is 10.0. The molecule has 4 amide bonds.